The smallest absolute Gasteiger partial charge is 0.337 e. The molecule has 88 valence electrons. The highest BCUT2D eigenvalue weighted by atomic mass is 19.1. The van der Waals surface area contributed by atoms with Crippen molar-refractivity contribution < 1.29 is 24.1 Å². The highest BCUT2D eigenvalue weighted by Gasteiger charge is 2.27. The zero-order valence-corrected chi connectivity index (χ0v) is 8.42. The molecule has 4 N–H and O–H groups in total. The van der Waals surface area contributed by atoms with Crippen LogP contribution in [0.1, 0.15) is 11.7 Å². The van der Waals surface area contributed by atoms with Gasteiger partial charge in [0, 0.05) is 11.8 Å². The van der Waals surface area contributed by atoms with Gasteiger partial charge in [0.15, 0.2) is 6.10 Å². The molecule has 1 aromatic heterocycles. The summed E-state index contributed by atoms with van der Waals surface area (Å²) in [5, 5.41) is 18.9. The van der Waals surface area contributed by atoms with Crippen molar-refractivity contribution in [3.63, 3.8) is 0 Å². The maximum absolute atomic E-state index is 12.7. The van der Waals surface area contributed by atoms with Crippen molar-refractivity contribution in [3.05, 3.63) is 23.8 Å². The minimum absolute atomic E-state index is 0.0248. The Kier molecular flexibility index (Phi) is 3.75. The number of hydrogen-bond acceptors (Lipinski definition) is 6. The Morgan fingerprint density at radius 2 is 2.25 bits per heavy atom. The summed E-state index contributed by atoms with van der Waals surface area (Å²) in [5.74, 6) is -1.89. The Morgan fingerprint density at radius 1 is 1.62 bits per heavy atom. The predicted molar refractivity (Wildman–Crippen MR) is 51.6 cm³/mol. The lowest BCUT2D eigenvalue weighted by Crippen LogP contribution is -2.29. The van der Waals surface area contributed by atoms with Crippen LogP contribution in [0.5, 0.6) is 0 Å². The van der Waals surface area contributed by atoms with Gasteiger partial charge in [-0.2, -0.15) is 4.39 Å². The van der Waals surface area contributed by atoms with Gasteiger partial charge < -0.3 is 20.7 Å². The van der Waals surface area contributed by atoms with Gasteiger partial charge in [0.2, 0.25) is 5.95 Å². The van der Waals surface area contributed by atoms with Crippen molar-refractivity contribution in [2.75, 3.05) is 12.8 Å². The number of pyridine rings is 1. The van der Waals surface area contributed by atoms with E-state index in [-0.39, 0.29) is 11.3 Å². The van der Waals surface area contributed by atoms with Gasteiger partial charge in [0.05, 0.1) is 12.8 Å². The minimum Gasteiger partial charge on any atom is -0.467 e. The van der Waals surface area contributed by atoms with Crippen LogP contribution in [0.15, 0.2) is 12.3 Å². The Labute approximate surface area is 90.5 Å². The molecule has 6 nitrogen and oxygen atoms in total. The molecule has 1 aromatic rings. The molecule has 16 heavy (non-hydrogen) atoms. The molecule has 0 aromatic carbocycles. The largest absolute Gasteiger partial charge is 0.467 e. The molecule has 1 rings (SSSR count). The molecule has 0 aliphatic carbocycles. The summed E-state index contributed by atoms with van der Waals surface area (Å²) < 4.78 is 17.0. The Morgan fingerprint density at radius 3 is 2.75 bits per heavy atom. The summed E-state index contributed by atoms with van der Waals surface area (Å²) in [6.45, 7) is 0. The monoisotopic (exact) mass is 230 g/mol. The molecule has 0 aliphatic heterocycles. The second kappa shape index (κ2) is 4.86. The number of halogens is 1. The maximum atomic E-state index is 12.7. The number of hydrogen-bond donors (Lipinski definition) is 3. The zero-order chi connectivity index (χ0) is 12.3. The van der Waals surface area contributed by atoms with Crippen LogP contribution in [0, 0.1) is 5.95 Å². The normalized spacial score (nSPS) is 14.2. The van der Waals surface area contributed by atoms with E-state index in [4.69, 9.17) is 5.73 Å². The van der Waals surface area contributed by atoms with E-state index in [0.717, 1.165) is 19.4 Å². The molecule has 7 heteroatoms. The van der Waals surface area contributed by atoms with E-state index in [2.05, 4.69) is 9.72 Å². The van der Waals surface area contributed by atoms with E-state index in [1.165, 1.54) is 0 Å². The third kappa shape index (κ3) is 2.44. The van der Waals surface area contributed by atoms with Crippen LogP contribution in [0.3, 0.4) is 0 Å². The number of aliphatic hydroxyl groups is 2. The first-order valence-corrected chi connectivity index (χ1v) is 4.32. The molecule has 0 radical (unpaired) electrons. The van der Waals surface area contributed by atoms with Gasteiger partial charge in [-0.25, -0.2) is 9.78 Å². The zero-order valence-electron chi connectivity index (χ0n) is 8.42. The fourth-order valence-corrected chi connectivity index (χ4v) is 1.08. The van der Waals surface area contributed by atoms with Crippen molar-refractivity contribution in [1.29, 1.82) is 0 Å². The number of nitrogens with two attached hydrogens (primary N) is 1. The molecule has 0 aliphatic rings. The molecule has 0 saturated heterocycles. The summed E-state index contributed by atoms with van der Waals surface area (Å²) in [7, 11) is 1.07. The van der Waals surface area contributed by atoms with Crippen LogP contribution in [0.25, 0.3) is 0 Å². The van der Waals surface area contributed by atoms with E-state index in [9.17, 15) is 19.4 Å². The van der Waals surface area contributed by atoms with Crippen LogP contribution in [-0.4, -0.2) is 34.4 Å². The Bertz CT molecular complexity index is 399. The number of aromatic nitrogens is 1. The molecule has 2 atom stereocenters. The minimum atomic E-state index is -1.77. The number of anilines is 1. The van der Waals surface area contributed by atoms with Crippen molar-refractivity contribution in [2.24, 2.45) is 0 Å². The molecule has 2 unspecified atom stereocenters. The number of esters is 1. The predicted octanol–water partition coefficient (Wildman–Crippen LogP) is -0.630. The van der Waals surface area contributed by atoms with Crippen LogP contribution in [0.4, 0.5) is 10.1 Å². The molecule has 1 heterocycles. The van der Waals surface area contributed by atoms with Gasteiger partial charge in [-0.3, -0.25) is 0 Å². The lowest BCUT2D eigenvalue weighted by molar-refractivity contribution is -0.156. The number of carbonyl (C=O) groups excluding carboxylic acids is 1. The summed E-state index contributed by atoms with van der Waals surface area (Å²) >= 11 is 0. The van der Waals surface area contributed by atoms with E-state index >= 15 is 0 Å². The van der Waals surface area contributed by atoms with Crippen molar-refractivity contribution >= 4 is 11.7 Å². The maximum Gasteiger partial charge on any atom is 0.337 e. The average Bonchev–Trinajstić information content (AvgIpc) is 2.29. The van der Waals surface area contributed by atoms with E-state index in [1.54, 1.807) is 0 Å². The molecular formula is C9H11FN2O4. The summed E-state index contributed by atoms with van der Waals surface area (Å²) in [5.41, 5.74) is 4.96. The summed E-state index contributed by atoms with van der Waals surface area (Å²) in [4.78, 5) is 14.2. The molecule has 0 bridgehead atoms. The highest BCUT2D eigenvalue weighted by Crippen LogP contribution is 2.20. The van der Waals surface area contributed by atoms with E-state index in [1.807, 2.05) is 0 Å². The number of aliphatic hydroxyl groups excluding tert-OH is 2. The van der Waals surface area contributed by atoms with Crippen molar-refractivity contribution in [1.82, 2.24) is 4.98 Å². The van der Waals surface area contributed by atoms with Gasteiger partial charge in [-0.05, 0) is 6.07 Å². The molecule has 0 fully saturated rings. The number of nitrogens with zero attached hydrogens (tertiary/aromatic N) is 1. The lowest BCUT2D eigenvalue weighted by atomic mass is 10.1. The van der Waals surface area contributed by atoms with Crippen LogP contribution in [-0.2, 0) is 9.53 Å². The summed E-state index contributed by atoms with van der Waals surface area (Å²) in [6.07, 6.45) is -2.36. The molecule has 0 saturated carbocycles. The van der Waals surface area contributed by atoms with Gasteiger partial charge in [0.1, 0.15) is 6.10 Å². The average molecular weight is 230 g/mol. The van der Waals surface area contributed by atoms with Crippen LogP contribution < -0.4 is 5.73 Å². The standard InChI is InChI=1S/C9H11FN2O4/c1-16-9(15)7(14)6(13)4-2-5(11)8(10)12-3-4/h2-3,6-7,13-14H,11H2,1H3. The number of ether oxygens (including phenoxy) is 1. The first-order valence-electron chi connectivity index (χ1n) is 4.32. The number of nitrogen functional groups attached to an aromatic ring is 1. The topological polar surface area (TPSA) is 106 Å². The van der Waals surface area contributed by atoms with Crippen molar-refractivity contribution in [2.45, 2.75) is 12.2 Å². The lowest BCUT2D eigenvalue weighted by Gasteiger charge is -2.15. The van der Waals surface area contributed by atoms with Gasteiger partial charge in [-0.1, -0.05) is 0 Å². The Hall–Kier alpha value is -1.73. The SMILES string of the molecule is COC(=O)C(O)C(O)c1cnc(F)c(N)c1. The third-order valence-corrected chi connectivity index (χ3v) is 1.97. The second-order valence-corrected chi connectivity index (χ2v) is 3.06. The number of carbonyl (C=O) groups is 1. The fourth-order valence-electron chi connectivity index (χ4n) is 1.08. The van der Waals surface area contributed by atoms with Crippen LogP contribution in [0.2, 0.25) is 0 Å². The second-order valence-electron chi connectivity index (χ2n) is 3.06. The summed E-state index contributed by atoms with van der Waals surface area (Å²) in [6, 6.07) is 1.08. The van der Waals surface area contributed by atoms with E-state index in [0.29, 0.717) is 0 Å². The fraction of sp³-hybridized carbons (Fsp3) is 0.333. The van der Waals surface area contributed by atoms with E-state index < -0.39 is 24.1 Å². The highest BCUT2D eigenvalue weighted by molar-refractivity contribution is 5.75. The quantitative estimate of drug-likeness (QED) is 0.471. The Balaban J connectivity index is 2.91. The first-order chi connectivity index (χ1) is 7.47. The van der Waals surface area contributed by atoms with Gasteiger partial charge in [0.25, 0.3) is 0 Å². The molecule has 0 spiro atoms. The van der Waals surface area contributed by atoms with Crippen molar-refractivity contribution in [3.8, 4) is 0 Å². The number of methoxy groups -OCH3 is 1. The van der Waals surface area contributed by atoms with Gasteiger partial charge >= 0.3 is 5.97 Å². The molecular weight excluding hydrogens is 219 g/mol. The van der Waals surface area contributed by atoms with Gasteiger partial charge in [-0.15, -0.1) is 0 Å². The molecule has 0 amide bonds. The first kappa shape index (κ1) is 12.3. The number of rotatable bonds is 3. The third-order valence-electron chi connectivity index (χ3n) is 1.97. The van der Waals surface area contributed by atoms with Crippen LogP contribution >= 0.6 is 0 Å².